The molecule has 0 spiro atoms. The molecule has 2 aromatic heterocycles. The van der Waals surface area contributed by atoms with Crippen LogP contribution in [0.2, 0.25) is 0 Å². The van der Waals surface area contributed by atoms with Gasteiger partial charge in [0, 0.05) is 5.56 Å². The van der Waals surface area contributed by atoms with Crippen molar-refractivity contribution < 1.29 is 17.6 Å². The van der Waals surface area contributed by atoms with Crippen molar-refractivity contribution in [3.8, 4) is 22.8 Å². The van der Waals surface area contributed by atoms with Gasteiger partial charge in [-0.1, -0.05) is 17.2 Å². The summed E-state index contributed by atoms with van der Waals surface area (Å²) in [5, 5.41) is 9.68. The third kappa shape index (κ3) is 4.78. The SMILES string of the molecule is Cc1ncc(-c2ccc(S(=O)(=O)C(C)C)cc2)nc1-c1nnc(NC(=O)C(C)(C)N)o1. The number of sulfone groups is 1. The minimum Gasteiger partial charge on any atom is -0.401 e. The fourth-order valence-electron chi connectivity index (χ4n) is 2.51. The van der Waals surface area contributed by atoms with Crippen LogP contribution >= 0.6 is 0 Å². The number of aryl methyl sites for hydroxylation is 1. The van der Waals surface area contributed by atoms with Crippen LogP contribution in [-0.4, -0.2) is 45.3 Å². The predicted molar refractivity (Wildman–Crippen MR) is 115 cm³/mol. The van der Waals surface area contributed by atoms with Crippen LogP contribution in [0.3, 0.4) is 0 Å². The minimum absolute atomic E-state index is 0.0796. The van der Waals surface area contributed by atoms with Gasteiger partial charge in [0.1, 0.15) is 5.69 Å². The van der Waals surface area contributed by atoms with Crippen LogP contribution in [-0.2, 0) is 14.6 Å². The maximum atomic E-state index is 12.3. The monoisotopic (exact) mass is 444 g/mol. The molecule has 0 aliphatic carbocycles. The van der Waals surface area contributed by atoms with E-state index in [1.165, 1.54) is 0 Å². The molecule has 0 aliphatic rings. The van der Waals surface area contributed by atoms with Gasteiger partial charge in [-0.05, 0) is 46.8 Å². The van der Waals surface area contributed by atoms with E-state index in [-0.39, 0.29) is 16.8 Å². The van der Waals surface area contributed by atoms with Gasteiger partial charge in [0.25, 0.3) is 5.89 Å². The predicted octanol–water partition coefficient (Wildman–Crippen LogP) is 2.36. The van der Waals surface area contributed by atoms with Crippen molar-refractivity contribution in [3.63, 3.8) is 0 Å². The maximum absolute atomic E-state index is 12.3. The average Bonchev–Trinajstić information content (AvgIpc) is 3.16. The van der Waals surface area contributed by atoms with Crippen molar-refractivity contribution in [2.24, 2.45) is 5.73 Å². The molecule has 3 rings (SSSR count). The van der Waals surface area contributed by atoms with Crippen LogP contribution in [0.25, 0.3) is 22.8 Å². The van der Waals surface area contributed by atoms with Crippen LogP contribution in [0.1, 0.15) is 33.4 Å². The normalized spacial score (nSPS) is 12.2. The lowest BCUT2D eigenvalue weighted by Gasteiger charge is -2.15. The van der Waals surface area contributed by atoms with Crippen molar-refractivity contribution in [1.29, 1.82) is 0 Å². The Labute approximate surface area is 180 Å². The Morgan fingerprint density at radius 1 is 1.16 bits per heavy atom. The molecular weight excluding hydrogens is 420 g/mol. The molecule has 0 atom stereocenters. The van der Waals surface area contributed by atoms with Gasteiger partial charge in [0.15, 0.2) is 9.84 Å². The molecule has 0 fully saturated rings. The Morgan fingerprint density at radius 3 is 2.39 bits per heavy atom. The lowest BCUT2D eigenvalue weighted by Crippen LogP contribution is -2.45. The summed E-state index contributed by atoms with van der Waals surface area (Å²) in [4.78, 5) is 21.1. The molecule has 3 aromatic rings. The highest BCUT2D eigenvalue weighted by Gasteiger charge is 2.24. The molecule has 0 saturated heterocycles. The van der Waals surface area contributed by atoms with E-state index in [0.29, 0.717) is 22.6 Å². The second-order valence-corrected chi connectivity index (χ2v) is 10.4. The van der Waals surface area contributed by atoms with E-state index in [1.807, 2.05) is 0 Å². The number of benzene rings is 1. The van der Waals surface area contributed by atoms with Gasteiger partial charge in [-0.3, -0.25) is 15.1 Å². The summed E-state index contributed by atoms with van der Waals surface area (Å²) >= 11 is 0. The summed E-state index contributed by atoms with van der Waals surface area (Å²) in [5.74, 6) is -0.397. The van der Waals surface area contributed by atoms with Gasteiger partial charge in [0.2, 0.25) is 5.91 Å². The van der Waals surface area contributed by atoms with E-state index in [9.17, 15) is 13.2 Å². The van der Waals surface area contributed by atoms with Crippen molar-refractivity contribution in [3.05, 3.63) is 36.2 Å². The highest BCUT2D eigenvalue weighted by molar-refractivity contribution is 7.92. The second-order valence-electron chi connectivity index (χ2n) is 7.90. The number of amides is 1. The molecule has 0 aliphatic heterocycles. The van der Waals surface area contributed by atoms with Crippen LogP contribution in [0, 0.1) is 6.92 Å². The number of anilines is 1. The summed E-state index contributed by atoms with van der Waals surface area (Å²) < 4.78 is 30.1. The van der Waals surface area contributed by atoms with Gasteiger partial charge in [-0.15, -0.1) is 5.10 Å². The number of carbonyl (C=O) groups is 1. The standard InChI is InChI=1S/C20H24N6O4S/c1-11(2)31(28,29)14-8-6-13(7-9-14)15-10-22-12(3)16(23-15)17-25-26-19(30-17)24-18(27)20(4,5)21/h6-11H,21H2,1-5H3,(H,24,26,27). The molecule has 10 nitrogen and oxygen atoms in total. The van der Waals surface area contributed by atoms with Gasteiger partial charge >= 0.3 is 6.01 Å². The van der Waals surface area contributed by atoms with Gasteiger partial charge < -0.3 is 10.2 Å². The van der Waals surface area contributed by atoms with Gasteiger partial charge in [-0.2, -0.15) is 0 Å². The number of hydrogen-bond acceptors (Lipinski definition) is 9. The Morgan fingerprint density at radius 2 is 1.81 bits per heavy atom. The number of nitrogens with one attached hydrogen (secondary N) is 1. The fourth-order valence-corrected chi connectivity index (χ4v) is 3.57. The van der Waals surface area contributed by atoms with E-state index in [1.54, 1.807) is 65.1 Å². The van der Waals surface area contributed by atoms with Gasteiger partial charge in [-0.25, -0.2) is 13.4 Å². The third-order valence-corrected chi connectivity index (χ3v) is 6.66. The Bertz CT molecular complexity index is 1210. The topological polar surface area (TPSA) is 154 Å². The summed E-state index contributed by atoms with van der Waals surface area (Å²) in [5.41, 5.74) is 6.70. The number of hydrogen-bond donors (Lipinski definition) is 2. The van der Waals surface area contributed by atoms with Crippen molar-refractivity contribution in [2.75, 3.05) is 5.32 Å². The highest BCUT2D eigenvalue weighted by atomic mass is 32.2. The summed E-state index contributed by atoms with van der Waals surface area (Å²) in [6.45, 7) is 8.11. The van der Waals surface area contributed by atoms with Crippen LogP contribution in [0.15, 0.2) is 39.8 Å². The molecule has 0 radical (unpaired) electrons. The molecule has 0 bridgehead atoms. The lowest BCUT2D eigenvalue weighted by molar-refractivity contribution is -0.120. The first kappa shape index (κ1) is 22.5. The van der Waals surface area contributed by atoms with E-state index in [2.05, 4.69) is 25.5 Å². The summed E-state index contributed by atoms with van der Waals surface area (Å²) in [7, 11) is -3.36. The molecule has 0 saturated carbocycles. The molecule has 1 amide bonds. The highest BCUT2D eigenvalue weighted by Crippen LogP contribution is 2.26. The zero-order valence-corrected chi connectivity index (χ0v) is 18.7. The Hall–Kier alpha value is -3.18. The summed E-state index contributed by atoms with van der Waals surface area (Å²) in [6.07, 6.45) is 1.57. The third-order valence-electron chi connectivity index (χ3n) is 4.49. The zero-order valence-electron chi connectivity index (χ0n) is 17.9. The Kier molecular flexibility index (Phi) is 5.92. The number of nitrogens with two attached hydrogens (primary N) is 1. The van der Waals surface area contributed by atoms with E-state index in [0.717, 1.165) is 0 Å². The molecule has 0 unspecified atom stereocenters. The molecule has 2 heterocycles. The molecule has 1 aromatic carbocycles. The zero-order chi connectivity index (χ0) is 23.0. The maximum Gasteiger partial charge on any atom is 0.322 e. The number of nitrogens with zero attached hydrogens (tertiary/aromatic N) is 4. The first-order valence-corrected chi connectivity index (χ1v) is 11.1. The molecular formula is C20H24N6O4S. The second kappa shape index (κ2) is 8.16. The van der Waals surface area contributed by atoms with Crippen LogP contribution in [0.4, 0.5) is 6.01 Å². The average molecular weight is 445 g/mol. The Balaban J connectivity index is 1.91. The van der Waals surface area contributed by atoms with E-state index < -0.39 is 26.5 Å². The van der Waals surface area contributed by atoms with Crippen molar-refractivity contribution in [2.45, 2.75) is 50.3 Å². The molecule has 164 valence electrons. The number of carbonyl (C=O) groups excluding carboxylic acids is 1. The molecule has 31 heavy (non-hydrogen) atoms. The fraction of sp³-hybridized carbons (Fsp3) is 0.350. The first-order chi connectivity index (χ1) is 14.4. The summed E-state index contributed by atoms with van der Waals surface area (Å²) in [6, 6.07) is 6.32. The van der Waals surface area contributed by atoms with Crippen LogP contribution in [0.5, 0.6) is 0 Å². The lowest BCUT2D eigenvalue weighted by atomic mass is 10.1. The smallest absolute Gasteiger partial charge is 0.322 e. The number of rotatable bonds is 6. The van der Waals surface area contributed by atoms with E-state index in [4.69, 9.17) is 10.2 Å². The number of aromatic nitrogens is 4. The van der Waals surface area contributed by atoms with Crippen LogP contribution < -0.4 is 11.1 Å². The quantitative estimate of drug-likeness (QED) is 0.583. The van der Waals surface area contributed by atoms with Gasteiger partial charge in [0.05, 0.1) is 33.3 Å². The van der Waals surface area contributed by atoms with E-state index >= 15 is 0 Å². The molecule has 3 N–H and O–H groups in total. The molecule has 11 heteroatoms. The first-order valence-electron chi connectivity index (χ1n) is 9.52. The van der Waals surface area contributed by atoms with Crippen molar-refractivity contribution in [1.82, 2.24) is 20.2 Å². The minimum atomic E-state index is -3.36. The van der Waals surface area contributed by atoms with Crippen molar-refractivity contribution >= 4 is 21.8 Å². The largest absolute Gasteiger partial charge is 0.401 e.